The summed E-state index contributed by atoms with van der Waals surface area (Å²) in [5.74, 6) is -0.659. The third-order valence-electron chi connectivity index (χ3n) is 2.53. The molecule has 1 rings (SSSR count). The molecular weight excluding hydrogens is 208 g/mol. The van der Waals surface area contributed by atoms with Crippen LogP contribution in [0.4, 0.5) is 0 Å². The van der Waals surface area contributed by atoms with E-state index in [4.69, 9.17) is 9.47 Å². The van der Waals surface area contributed by atoms with Gasteiger partial charge in [0.25, 0.3) is 0 Å². The van der Waals surface area contributed by atoms with Gasteiger partial charge in [-0.3, -0.25) is 9.59 Å². The molecule has 1 saturated heterocycles. The lowest BCUT2D eigenvalue weighted by Gasteiger charge is -2.23. The SMILES string of the molecule is CC(C)(C)OC(=O)CC(=O)C1(C)CCCO1. The molecule has 0 amide bonds. The number of ether oxygens (including phenoxy) is 2. The van der Waals surface area contributed by atoms with E-state index in [9.17, 15) is 9.59 Å². The minimum atomic E-state index is -0.781. The summed E-state index contributed by atoms with van der Waals surface area (Å²) in [6, 6.07) is 0. The Morgan fingerprint density at radius 1 is 1.38 bits per heavy atom. The lowest BCUT2D eigenvalue weighted by molar-refractivity contribution is -0.159. The molecule has 1 atom stereocenters. The number of carbonyl (C=O) groups excluding carboxylic acids is 2. The first-order chi connectivity index (χ1) is 7.23. The largest absolute Gasteiger partial charge is 0.460 e. The van der Waals surface area contributed by atoms with Gasteiger partial charge in [-0.1, -0.05) is 0 Å². The Balaban J connectivity index is 2.48. The van der Waals surface area contributed by atoms with E-state index < -0.39 is 17.2 Å². The Hall–Kier alpha value is -0.900. The maximum absolute atomic E-state index is 11.8. The molecule has 1 aliphatic rings. The number of ketones is 1. The molecule has 4 heteroatoms. The minimum Gasteiger partial charge on any atom is -0.460 e. The van der Waals surface area contributed by atoms with Crippen LogP contribution in [-0.4, -0.2) is 29.6 Å². The minimum absolute atomic E-state index is 0.181. The molecule has 92 valence electrons. The summed E-state index contributed by atoms with van der Waals surface area (Å²) in [6.45, 7) is 7.68. The summed E-state index contributed by atoms with van der Waals surface area (Å²) in [7, 11) is 0. The van der Waals surface area contributed by atoms with Gasteiger partial charge < -0.3 is 9.47 Å². The van der Waals surface area contributed by atoms with E-state index in [1.165, 1.54) is 0 Å². The van der Waals surface area contributed by atoms with E-state index in [-0.39, 0.29) is 12.2 Å². The molecule has 0 N–H and O–H groups in total. The van der Waals surface area contributed by atoms with Crippen LogP contribution in [0.15, 0.2) is 0 Å². The Kier molecular flexibility index (Phi) is 3.73. The summed E-state index contributed by atoms with van der Waals surface area (Å²) >= 11 is 0. The van der Waals surface area contributed by atoms with Gasteiger partial charge in [-0.25, -0.2) is 0 Å². The Morgan fingerprint density at radius 3 is 2.44 bits per heavy atom. The first kappa shape index (κ1) is 13.2. The van der Waals surface area contributed by atoms with E-state index in [1.54, 1.807) is 27.7 Å². The van der Waals surface area contributed by atoms with Gasteiger partial charge in [0.2, 0.25) is 0 Å². The number of rotatable bonds is 3. The summed E-state index contributed by atoms with van der Waals surface area (Å²) in [6.07, 6.45) is 1.36. The number of Topliss-reactive ketones (excluding diaryl/α,β-unsaturated/α-hetero) is 1. The second kappa shape index (κ2) is 4.53. The van der Waals surface area contributed by atoms with Crippen molar-refractivity contribution in [3.63, 3.8) is 0 Å². The van der Waals surface area contributed by atoms with Gasteiger partial charge in [0.15, 0.2) is 5.78 Å². The molecule has 1 heterocycles. The standard InChI is InChI=1S/C12H20O4/c1-11(2,3)16-10(14)8-9(13)12(4)6-5-7-15-12/h5-8H2,1-4H3. The molecule has 0 aromatic heterocycles. The zero-order chi connectivity index (χ0) is 12.4. The maximum Gasteiger partial charge on any atom is 0.313 e. The van der Waals surface area contributed by atoms with E-state index in [1.807, 2.05) is 0 Å². The normalized spacial score (nSPS) is 25.5. The van der Waals surface area contributed by atoms with Crippen LogP contribution in [0.3, 0.4) is 0 Å². The molecule has 0 aromatic rings. The highest BCUT2D eigenvalue weighted by Crippen LogP contribution is 2.27. The van der Waals surface area contributed by atoms with Gasteiger partial charge in [-0.05, 0) is 40.5 Å². The molecule has 0 aromatic carbocycles. The number of carbonyl (C=O) groups is 2. The molecule has 4 nitrogen and oxygen atoms in total. The van der Waals surface area contributed by atoms with Crippen LogP contribution in [-0.2, 0) is 19.1 Å². The predicted molar refractivity (Wildman–Crippen MR) is 59.1 cm³/mol. The third-order valence-corrected chi connectivity index (χ3v) is 2.53. The van der Waals surface area contributed by atoms with Crippen molar-refractivity contribution < 1.29 is 19.1 Å². The van der Waals surface area contributed by atoms with E-state index in [0.717, 1.165) is 6.42 Å². The summed E-state index contributed by atoms with van der Waals surface area (Å²) in [5.41, 5.74) is -1.33. The highest BCUT2D eigenvalue weighted by atomic mass is 16.6. The highest BCUT2D eigenvalue weighted by molar-refractivity contribution is 6.00. The van der Waals surface area contributed by atoms with Gasteiger partial charge >= 0.3 is 5.97 Å². The third kappa shape index (κ3) is 3.59. The Labute approximate surface area is 96.3 Å². The van der Waals surface area contributed by atoms with Crippen LogP contribution in [0.5, 0.6) is 0 Å². The average Bonchev–Trinajstić information content (AvgIpc) is 2.49. The molecule has 0 bridgehead atoms. The summed E-state index contributed by atoms with van der Waals surface area (Å²) in [4.78, 5) is 23.3. The van der Waals surface area contributed by atoms with Gasteiger partial charge in [-0.15, -0.1) is 0 Å². The topological polar surface area (TPSA) is 52.6 Å². The molecule has 16 heavy (non-hydrogen) atoms. The highest BCUT2D eigenvalue weighted by Gasteiger charge is 2.38. The number of hydrogen-bond acceptors (Lipinski definition) is 4. The second-order valence-corrected chi connectivity index (χ2v) is 5.37. The molecule has 0 aliphatic carbocycles. The predicted octanol–water partition coefficient (Wildman–Crippen LogP) is 1.86. The first-order valence-electron chi connectivity index (χ1n) is 5.62. The van der Waals surface area contributed by atoms with E-state index >= 15 is 0 Å². The van der Waals surface area contributed by atoms with Crippen molar-refractivity contribution in [2.75, 3.05) is 6.61 Å². The lowest BCUT2D eigenvalue weighted by atomic mass is 9.95. The van der Waals surface area contributed by atoms with Gasteiger partial charge in [0, 0.05) is 6.61 Å². The van der Waals surface area contributed by atoms with Crippen molar-refractivity contribution in [3.05, 3.63) is 0 Å². The fourth-order valence-electron chi connectivity index (χ4n) is 1.69. The fraction of sp³-hybridized carbons (Fsp3) is 0.833. The number of hydrogen-bond donors (Lipinski definition) is 0. The van der Waals surface area contributed by atoms with Gasteiger partial charge in [0.05, 0.1) is 0 Å². The van der Waals surface area contributed by atoms with Crippen molar-refractivity contribution in [2.45, 2.75) is 58.2 Å². The van der Waals surface area contributed by atoms with E-state index in [0.29, 0.717) is 13.0 Å². The van der Waals surface area contributed by atoms with Crippen molar-refractivity contribution in [3.8, 4) is 0 Å². The molecule has 0 spiro atoms. The molecular formula is C12H20O4. The first-order valence-corrected chi connectivity index (χ1v) is 5.62. The van der Waals surface area contributed by atoms with Crippen LogP contribution in [0, 0.1) is 0 Å². The molecule has 1 fully saturated rings. The Bertz CT molecular complexity index is 282. The second-order valence-electron chi connectivity index (χ2n) is 5.37. The van der Waals surface area contributed by atoms with Crippen molar-refractivity contribution >= 4 is 11.8 Å². The average molecular weight is 228 g/mol. The fourth-order valence-corrected chi connectivity index (χ4v) is 1.69. The zero-order valence-electron chi connectivity index (χ0n) is 10.5. The van der Waals surface area contributed by atoms with E-state index in [2.05, 4.69) is 0 Å². The molecule has 1 aliphatic heterocycles. The van der Waals surface area contributed by atoms with Crippen LogP contribution < -0.4 is 0 Å². The van der Waals surface area contributed by atoms with Gasteiger partial charge in [0.1, 0.15) is 17.6 Å². The van der Waals surface area contributed by atoms with Crippen molar-refractivity contribution in [1.82, 2.24) is 0 Å². The van der Waals surface area contributed by atoms with Crippen LogP contribution >= 0.6 is 0 Å². The summed E-state index contributed by atoms with van der Waals surface area (Å²) in [5, 5.41) is 0. The van der Waals surface area contributed by atoms with Crippen molar-refractivity contribution in [2.24, 2.45) is 0 Å². The maximum atomic E-state index is 11.8. The smallest absolute Gasteiger partial charge is 0.313 e. The van der Waals surface area contributed by atoms with Crippen LogP contribution in [0.2, 0.25) is 0 Å². The monoisotopic (exact) mass is 228 g/mol. The van der Waals surface area contributed by atoms with Gasteiger partial charge in [-0.2, -0.15) is 0 Å². The molecule has 0 radical (unpaired) electrons. The van der Waals surface area contributed by atoms with Crippen LogP contribution in [0.25, 0.3) is 0 Å². The summed E-state index contributed by atoms with van der Waals surface area (Å²) < 4.78 is 10.5. The quantitative estimate of drug-likeness (QED) is 0.546. The Morgan fingerprint density at radius 2 is 2.00 bits per heavy atom. The molecule has 1 unspecified atom stereocenters. The van der Waals surface area contributed by atoms with Crippen LogP contribution in [0.1, 0.15) is 47.0 Å². The molecule has 0 saturated carbocycles. The number of esters is 1. The lowest BCUT2D eigenvalue weighted by Crippen LogP contribution is -2.37. The zero-order valence-corrected chi connectivity index (χ0v) is 10.5. The van der Waals surface area contributed by atoms with Crippen molar-refractivity contribution in [1.29, 1.82) is 0 Å².